The molecule has 0 atom stereocenters. The van der Waals surface area contributed by atoms with Crippen LogP contribution in [0.3, 0.4) is 0 Å². The van der Waals surface area contributed by atoms with Gasteiger partial charge >= 0.3 is 0 Å². The summed E-state index contributed by atoms with van der Waals surface area (Å²) in [7, 11) is 0. The lowest BCUT2D eigenvalue weighted by molar-refractivity contribution is 0.101. The molecule has 1 aromatic rings. The van der Waals surface area contributed by atoms with Gasteiger partial charge in [0.15, 0.2) is 5.78 Å². The van der Waals surface area contributed by atoms with Crippen molar-refractivity contribution in [2.45, 2.75) is 6.92 Å². The van der Waals surface area contributed by atoms with Gasteiger partial charge < -0.3 is 5.11 Å². The van der Waals surface area contributed by atoms with Crippen LogP contribution in [0.5, 0.6) is 5.75 Å². The van der Waals surface area contributed by atoms with E-state index in [0.717, 1.165) is 0 Å². The van der Waals surface area contributed by atoms with Crippen molar-refractivity contribution in [3.05, 3.63) is 29.8 Å². The first-order valence-corrected chi connectivity index (χ1v) is 3.00. The van der Waals surface area contributed by atoms with E-state index in [0.29, 0.717) is 5.56 Å². The fraction of sp³-hybridized carbons (Fsp3) is 0.125. The average molecular weight is 173 g/mol. The molecule has 0 amide bonds. The molecule has 0 aliphatic carbocycles. The maximum absolute atomic E-state index is 10.7. The Morgan fingerprint density at radius 2 is 2.09 bits per heavy atom. The third-order valence-corrected chi connectivity index (χ3v) is 1.25. The Labute approximate surface area is 71.3 Å². The van der Waals surface area contributed by atoms with E-state index in [2.05, 4.69) is 0 Å². The molecular formula is C8H9ClO2. The van der Waals surface area contributed by atoms with Crippen molar-refractivity contribution in [2.24, 2.45) is 0 Å². The highest BCUT2D eigenvalue weighted by atomic mass is 35.5. The van der Waals surface area contributed by atoms with Gasteiger partial charge in [-0.1, -0.05) is 12.1 Å². The number of aromatic hydroxyl groups is 1. The zero-order valence-electron chi connectivity index (χ0n) is 6.07. The van der Waals surface area contributed by atoms with Gasteiger partial charge in [0.25, 0.3) is 0 Å². The van der Waals surface area contributed by atoms with E-state index in [1.807, 2.05) is 0 Å². The van der Waals surface area contributed by atoms with Crippen LogP contribution in [-0.4, -0.2) is 10.9 Å². The van der Waals surface area contributed by atoms with Crippen LogP contribution in [0.2, 0.25) is 0 Å². The number of phenols is 1. The van der Waals surface area contributed by atoms with Gasteiger partial charge in [0.2, 0.25) is 0 Å². The summed E-state index contributed by atoms with van der Waals surface area (Å²) in [5.41, 5.74) is 0.542. The molecule has 1 aromatic carbocycles. The van der Waals surface area contributed by atoms with Crippen LogP contribution in [0, 0.1) is 0 Å². The number of benzene rings is 1. The monoisotopic (exact) mass is 172 g/mol. The highest BCUT2D eigenvalue weighted by Crippen LogP contribution is 2.10. The lowest BCUT2D eigenvalue weighted by Crippen LogP contribution is -1.89. The van der Waals surface area contributed by atoms with Gasteiger partial charge in [-0.15, -0.1) is 12.4 Å². The van der Waals surface area contributed by atoms with Gasteiger partial charge in [0, 0.05) is 5.56 Å². The summed E-state index contributed by atoms with van der Waals surface area (Å²) >= 11 is 0. The molecule has 1 N–H and O–H groups in total. The number of rotatable bonds is 1. The Morgan fingerprint density at radius 3 is 2.45 bits per heavy atom. The van der Waals surface area contributed by atoms with Crippen LogP contribution in [0.15, 0.2) is 24.3 Å². The summed E-state index contributed by atoms with van der Waals surface area (Å²) in [6, 6.07) is 6.29. The molecule has 0 saturated heterocycles. The number of phenolic OH excluding ortho intramolecular Hbond substituents is 1. The van der Waals surface area contributed by atoms with Gasteiger partial charge in [-0.05, 0) is 19.1 Å². The van der Waals surface area contributed by atoms with Crippen LogP contribution >= 0.6 is 12.4 Å². The Morgan fingerprint density at radius 1 is 1.45 bits per heavy atom. The van der Waals surface area contributed by atoms with Gasteiger partial charge in [0.05, 0.1) is 0 Å². The van der Waals surface area contributed by atoms with Crippen molar-refractivity contribution in [1.82, 2.24) is 0 Å². The Balaban J connectivity index is 0.000001000. The summed E-state index contributed by atoms with van der Waals surface area (Å²) in [5, 5.41) is 8.91. The quantitative estimate of drug-likeness (QED) is 0.658. The van der Waals surface area contributed by atoms with Crippen molar-refractivity contribution >= 4 is 18.2 Å². The van der Waals surface area contributed by atoms with Crippen molar-refractivity contribution in [3.8, 4) is 5.75 Å². The molecule has 0 saturated carbocycles. The number of hydrogen-bond donors (Lipinski definition) is 1. The maximum Gasteiger partial charge on any atom is 0.159 e. The molecule has 0 aromatic heterocycles. The second-order valence-electron chi connectivity index (χ2n) is 2.11. The molecule has 1 rings (SSSR count). The average Bonchev–Trinajstić information content (AvgIpc) is 1.88. The largest absolute Gasteiger partial charge is 0.508 e. The predicted octanol–water partition coefficient (Wildman–Crippen LogP) is 2.02. The number of halogens is 1. The van der Waals surface area contributed by atoms with Crippen LogP contribution in [0.4, 0.5) is 0 Å². The van der Waals surface area contributed by atoms with E-state index in [-0.39, 0.29) is 23.9 Å². The van der Waals surface area contributed by atoms with Crippen molar-refractivity contribution < 1.29 is 9.90 Å². The molecule has 2 nitrogen and oxygen atoms in total. The molecule has 0 spiro atoms. The minimum Gasteiger partial charge on any atom is -0.508 e. The van der Waals surface area contributed by atoms with Gasteiger partial charge in [-0.3, -0.25) is 4.79 Å². The molecule has 0 unspecified atom stereocenters. The normalized spacial score (nSPS) is 8.45. The molecular weight excluding hydrogens is 164 g/mol. The van der Waals surface area contributed by atoms with Crippen LogP contribution in [0.1, 0.15) is 17.3 Å². The summed E-state index contributed by atoms with van der Waals surface area (Å²) in [6.07, 6.45) is 0. The second-order valence-corrected chi connectivity index (χ2v) is 2.11. The first-order valence-electron chi connectivity index (χ1n) is 3.00. The first kappa shape index (κ1) is 9.98. The minimum atomic E-state index is -0.0316. The first-order chi connectivity index (χ1) is 4.70. The van der Waals surface area contributed by atoms with Crippen molar-refractivity contribution in [3.63, 3.8) is 0 Å². The third-order valence-electron chi connectivity index (χ3n) is 1.25. The van der Waals surface area contributed by atoms with E-state index in [4.69, 9.17) is 5.11 Å². The number of hydrogen-bond acceptors (Lipinski definition) is 2. The van der Waals surface area contributed by atoms with Crippen LogP contribution in [-0.2, 0) is 0 Å². The standard InChI is InChI=1S/C8H8O2.ClH/c1-6(9)7-3-2-4-8(10)5-7;/h2-5,10H,1H3;1H. The highest BCUT2D eigenvalue weighted by Gasteiger charge is 1.97. The Hall–Kier alpha value is -1.02. The van der Waals surface area contributed by atoms with Gasteiger partial charge in [-0.25, -0.2) is 0 Å². The summed E-state index contributed by atoms with van der Waals surface area (Å²) in [4.78, 5) is 10.7. The lowest BCUT2D eigenvalue weighted by Gasteiger charge is -1.93. The SMILES string of the molecule is CC(=O)c1cccc(O)c1.Cl. The zero-order chi connectivity index (χ0) is 7.56. The highest BCUT2D eigenvalue weighted by molar-refractivity contribution is 5.94. The second kappa shape index (κ2) is 3.98. The topological polar surface area (TPSA) is 37.3 Å². The van der Waals surface area contributed by atoms with Gasteiger partial charge in [0.1, 0.15) is 5.75 Å². The predicted molar refractivity (Wildman–Crippen MR) is 45.4 cm³/mol. The van der Waals surface area contributed by atoms with Crippen molar-refractivity contribution in [1.29, 1.82) is 0 Å². The molecule has 11 heavy (non-hydrogen) atoms. The Kier molecular flexibility index (Phi) is 3.61. The van der Waals surface area contributed by atoms with E-state index < -0.39 is 0 Å². The fourth-order valence-electron chi connectivity index (χ4n) is 0.725. The number of carbonyl (C=O) groups is 1. The van der Waals surface area contributed by atoms with Crippen molar-refractivity contribution in [2.75, 3.05) is 0 Å². The molecule has 0 bridgehead atoms. The molecule has 0 aliphatic rings. The summed E-state index contributed by atoms with van der Waals surface area (Å²) in [5.74, 6) is 0.101. The summed E-state index contributed by atoms with van der Waals surface area (Å²) in [6.45, 7) is 1.47. The number of Topliss-reactive ketones (excluding diaryl/α,β-unsaturated/α-hetero) is 1. The van der Waals surface area contributed by atoms with E-state index >= 15 is 0 Å². The Bertz CT molecular complexity index is 258. The van der Waals surface area contributed by atoms with E-state index in [1.165, 1.54) is 19.1 Å². The van der Waals surface area contributed by atoms with Gasteiger partial charge in [-0.2, -0.15) is 0 Å². The smallest absolute Gasteiger partial charge is 0.159 e. The molecule has 0 radical (unpaired) electrons. The minimum absolute atomic E-state index is 0. The zero-order valence-corrected chi connectivity index (χ0v) is 6.89. The lowest BCUT2D eigenvalue weighted by atomic mass is 10.1. The molecule has 0 heterocycles. The third kappa shape index (κ3) is 2.60. The molecule has 0 aliphatic heterocycles. The van der Waals surface area contributed by atoms with E-state index in [9.17, 15) is 4.79 Å². The molecule has 3 heteroatoms. The molecule has 60 valence electrons. The maximum atomic E-state index is 10.7. The molecule has 0 fully saturated rings. The van der Waals surface area contributed by atoms with E-state index in [1.54, 1.807) is 12.1 Å². The summed E-state index contributed by atoms with van der Waals surface area (Å²) < 4.78 is 0. The number of ketones is 1. The number of carbonyl (C=O) groups excluding carboxylic acids is 1. The van der Waals surface area contributed by atoms with Crippen LogP contribution < -0.4 is 0 Å². The van der Waals surface area contributed by atoms with Crippen LogP contribution in [0.25, 0.3) is 0 Å². The fourth-order valence-corrected chi connectivity index (χ4v) is 0.725.